The van der Waals surface area contributed by atoms with Crippen LogP contribution in [0.1, 0.15) is 72.1 Å². The van der Waals surface area contributed by atoms with E-state index in [1.807, 2.05) is 0 Å². The van der Waals surface area contributed by atoms with Crippen LogP contribution in [0, 0.1) is 35.0 Å². The minimum Gasteiger partial charge on any atom is -0.481 e. The summed E-state index contributed by atoms with van der Waals surface area (Å²) < 4.78 is 86.6. The molecule has 0 spiro atoms. The van der Waals surface area contributed by atoms with Crippen molar-refractivity contribution in [2.24, 2.45) is 17.8 Å². The maximum atomic E-state index is 13.4. The zero-order valence-electron chi connectivity index (χ0n) is 35.1. The average Bonchev–Trinajstić information content (AvgIpc) is 3.89. The van der Waals surface area contributed by atoms with Gasteiger partial charge in [-0.25, -0.2) is 9.59 Å². The second-order valence-corrected chi connectivity index (χ2v) is 18.4. The second-order valence-electron chi connectivity index (χ2n) is 15.7. The van der Waals surface area contributed by atoms with Crippen LogP contribution in [-0.2, 0) is 39.3 Å². The lowest BCUT2D eigenvalue weighted by atomic mass is 9.89. The van der Waals surface area contributed by atoms with Gasteiger partial charge in [0.2, 0.25) is 5.91 Å². The number of benzene rings is 3. The van der Waals surface area contributed by atoms with Gasteiger partial charge in [0.1, 0.15) is 6.04 Å². The molecule has 0 bridgehead atoms. The Morgan fingerprint density at radius 1 is 0.864 bits per heavy atom. The van der Waals surface area contributed by atoms with Crippen LogP contribution in [-0.4, -0.2) is 105 Å². The number of carboxylic acids is 2. The Hall–Kier alpha value is -6.58. The van der Waals surface area contributed by atoms with Crippen molar-refractivity contribution in [3.05, 3.63) is 58.9 Å². The molecule has 21 nitrogen and oxygen atoms in total. The van der Waals surface area contributed by atoms with Crippen LogP contribution in [0.2, 0.25) is 0 Å². The number of rotatable bonds is 20. The Bertz CT molecular complexity index is 2870. The summed E-state index contributed by atoms with van der Waals surface area (Å²) in [5.41, 5.74) is 3.41. The number of unbranched alkanes of at least 4 members (excludes halogenated alkanes) is 1. The van der Waals surface area contributed by atoms with Crippen LogP contribution < -0.4 is 27.0 Å². The van der Waals surface area contributed by atoms with Crippen molar-refractivity contribution in [1.29, 1.82) is 5.41 Å². The quantitative estimate of drug-likeness (QED) is 0.0201. The van der Waals surface area contributed by atoms with Crippen LogP contribution in [0.4, 0.5) is 10.5 Å². The second kappa shape index (κ2) is 20.7. The first kappa shape index (κ1) is 48.9. The van der Waals surface area contributed by atoms with Crippen LogP contribution in [0.15, 0.2) is 56.7 Å². The molecule has 3 unspecified atom stereocenters. The van der Waals surface area contributed by atoms with E-state index in [-0.39, 0.29) is 79.3 Å². The number of carboxylic acid groups (broad SMARTS) is 2. The predicted octanol–water partition coefficient (Wildman–Crippen LogP) is 3.50. The van der Waals surface area contributed by atoms with Gasteiger partial charge in [-0.05, 0) is 91.8 Å². The maximum absolute atomic E-state index is 13.4. The third kappa shape index (κ3) is 11.6. The maximum Gasteiger partial charge on any atom is 0.407 e. The number of aliphatic carboxylic acids is 1. The van der Waals surface area contributed by atoms with Crippen molar-refractivity contribution in [3.8, 4) is 34.3 Å². The van der Waals surface area contributed by atoms with Crippen molar-refractivity contribution in [2.45, 2.75) is 67.2 Å². The van der Waals surface area contributed by atoms with Crippen molar-refractivity contribution >= 4 is 66.7 Å². The summed E-state index contributed by atoms with van der Waals surface area (Å²) in [4.78, 5) is 60.9. The van der Waals surface area contributed by atoms with E-state index in [0.717, 1.165) is 43.9 Å². The number of amides is 3. The molecule has 6 rings (SSSR count). The number of carbonyl (C=O) groups is 5. The van der Waals surface area contributed by atoms with Gasteiger partial charge in [0.15, 0.2) is 21.1 Å². The Kier molecular flexibility index (Phi) is 15.3. The van der Waals surface area contributed by atoms with Crippen molar-refractivity contribution in [3.63, 3.8) is 0 Å². The van der Waals surface area contributed by atoms with E-state index in [1.165, 1.54) is 24.3 Å². The van der Waals surface area contributed by atoms with E-state index in [2.05, 4.69) is 27.8 Å². The van der Waals surface area contributed by atoms with Gasteiger partial charge >= 0.3 is 18.0 Å². The molecule has 2 aromatic carbocycles. The van der Waals surface area contributed by atoms with E-state index in [4.69, 9.17) is 30.1 Å². The van der Waals surface area contributed by atoms with Crippen LogP contribution in [0.5, 0.6) is 0 Å². The Balaban J connectivity index is 1.16. The molecule has 66 heavy (non-hydrogen) atoms. The molecule has 10 N–H and O–H groups in total. The molecule has 3 aliphatic carbocycles. The molecule has 0 saturated heterocycles. The smallest absolute Gasteiger partial charge is 0.407 e. The van der Waals surface area contributed by atoms with Crippen molar-refractivity contribution in [1.82, 2.24) is 16.0 Å². The molecule has 3 amide bonds. The Morgan fingerprint density at radius 2 is 1.55 bits per heavy atom. The first-order valence-electron chi connectivity index (χ1n) is 20.7. The number of hydrogen-bond acceptors (Lipinski definition) is 14. The molecule has 0 aromatic heterocycles. The fourth-order valence-corrected chi connectivity index (χ4v) is 9.68. The summed E-state index contributed by atoms with van der Waals surface area (Å²) >= 11 is 0. The lowest BCUT2D eigenvalue weighted by Crippen LogP contribution is -2.47. The van der Waals surface area contributed by atoms with Gasteiger partial charge in [-0.1, -0.05) is 6.07 Å². The Morgan fingerprint density at radius 3 is 2.20 bits per heavy atom. The molecular formula is C43H47N5O16S2. The standard InChI is InChI=1S/C43H47N5O16S2/c44-31-14-12-27-35(28-13-15-32(45)39(66(59,60)61)37(28)64-36(27)38(31)65(56,57)58)26-11-10-23(21-29(26)42(53)54)40(51)46-17-6-5-9-33(41(52)47-18-20-62-19-16-34(49)50)48-43(55)63-22-30-24-7-3-1-2-4-8-25(24)30/h10-15,21,24-25,30,33,44H,3-9,16-20,22,45H2,(H,46,51)(H,47,52)(H,48,55)(H,49,50)(H,53,54)(H,56,57,58)(H,59,60,61). The minimum absolute atomic E-state index is 0.0290. The lowest BCUT2D eigenvalue weighted by Gasteiger charge is -2.20. The summed E-state index contributed by atoms with van der Waals surface area (Å²) in [6, 6.07) is 6.92. The summed E-state index contributed by atoms with van der Waals surface area (Å²) in [6.45, 7) is 0.253. The van der Waals surface area contributed by atoms with Crippen molar-refractivity contribution < 1.29 is 74.0 Å². The summed E-state index contributed by atoms with van der Waals surface area (Å²) in [5, 5.41) is 34.4. The zero-order chi connectivity index (χ0) is 47.9. The van der Waals surface area contributed by atoms with Gasteiger partial charge in [-0.15, -0.1) is 11.8 Å². The first-order chi connectivity index (χ1) is 31.3. The average molecular weight is 954 g/mol. The monoisotopic (exact) mass is 953 g/mol. The van der Waals surface area contributed by atoms with E-state index in [0.29, 0.717) is 24.7 Å². The highest BCUT2D eigenvalue weighted by molar-refractivity contribution is 7.86. The molecule has 1 saturated carbocycles. The van der Waals surface area contributed by atoms with Gasteiger partial charge in [-0.2, -0.15) is 16.8 Å². The fourth-order valence-electron chi connectivity index (χ4n) is 8.19. The molecule has 23 heteroatoms. The topological polar surface area (TPSA) is 352 Å². The highest BCUT2D eigenvalue weighted by Crippen LogP contribution is 2.52. The highest BCUT2D eigenvalue weighted by Gasteiger charge is 2.49. The number of nitrogens with two attached hydrogens (primary N) is 1. The van der Waals surface area contributed by atoms with E-state index in [1.54, 1.807) is 0 Å². The Labute approximate surface area is 377 Å². The molecule has 1 aliphatic heterocycles. The third-order valence-electron chi connectivity index (χ3n) is 11.4. The number of ether oxygens (including phenoxy) is 2. The number of anilines is 1. The van der Waals surface area contributed by atoms with E-state index in [9.17, 15) is 55.0 Å². The third-order valence-corrected chi connectivity index (χ3v) is 13.2. The number of hydrogen-bond donors (Lipinski definition) is 9. The highest BCUT2D eigenvalue weighted by atomic mass is 32.2. The van der Waals surface area contributed by atoms with Gasteiger partial charge in [0.25, 0.3) is 26.1 Å². The zero-order valence-corrected chi connectivity index (χ0v) is 36.8. The predicted molar refractivity (Wildman–Crippen MR) is 232 cm³/mol. The van der Waals surface area contributed by atoms with Gasteiger partial charge in [-0.3, -0.25) is 28.9 Å². The fraction of sp³-hybridized carbons (Fsp3) is 0.395. The summed E-state index contributed by atoms with van der Waals surface area (Å²) in [5.74, 6) is 2.74. The molecule has 0 radical (unpaired) electrons. The number of fused-ring (bicyclic) bond motifs is 3. The van der Waals surface area contributed by atoms with Crippen LogP contribution >= 0.6 is 0 Å². The molecule has 1 heterocycles. The number of alkyl carbamates (subject to hydrolysis) is 1. The van der Waals surface area contributed by atoms with Crippen LogP contribution in [0.25, 0.3) is 33.4 Å². The molecule has 4 aliphatic rings. The number of nitrogen functional groups attached to an aromatic ring is 1. The number of nitrogens with one attached hydrogen (secondary N) is 4. The van der Waals surface area contributed by atoms with Gasteiger partial charge in [0, 0.05) is 48.0 Å². The largest absolute Gasteiger partial charge is 0.481 e. The number of aromatic carboxylic acids is 1. The summed E-state index contributed by atoms with van der Waals surface area (Å²) in [6.07, 6.45) is 3.20. The molecule has 352 valence electrons. The molecule has 2 aromatic rings. The van der Waals surface area contributed by atoms with Gasteiger partial charge in [0.05, 0.1) is 42.8 Å². The molecule has 1 fully saturated rings. The SMILES string of the molecule is N=c1ccc2c(-c3ccc(C(=O)NCCCCC(NC(=O)OCC4C5CCC#CCCC54)C(=O)NCCOCCC(=O)O)cc3C(=O)O)c3ccc(N)c(S(=O)(=O)O)c3oc-2c1S(=O)(=O)O. The lowest BCUT2D eigenvalue weighted by molar-refractivity contribution is -0.138. The number of carbonyl (C=O) groups excluding carboxylic acids is 3. The first-order valence-corrected chi connectivity index (χ1v) is 23.6. The normalized spacial score (nSPS) is 17.3. The molecule has 3 atom stereocenters. The van der Waals surface area contributed by atoms with E-state index < -0.39 is 93.9 Å². The summed E-state index contributed by atoms with van der Waals surface area (Å²) in [7, 11) is -10.4. The van der Waals surface area contributed by atoms with Gasteiger partial charge < -0.3 is 45.8 Å². The molecular weight excluding hydrogens is 907 g/mol. The van der Waals surface area contributed by atoms with Crippen molar-refractivity contribution in [2.75, 3.05) is 38.6 Å². The van der Waals surface area contributed by atoms with E-state index >= 15 is 0 Å². The van der Waals surface area contributed by atoms with Crippen LogP contribution in [0.3, 0.4) is 0 Å². The minimum atomic E-state index is -5.24.